The molecule has 1 amide bonds. The van der Waals surface area contributed by atoms with E-state index in [0.717, 1.165) is 37.5 Å². The monoisotopic (exact) mass is 340 g/mol. The van der Waals surface area contributed by atoms with Crippen LogP contribution in [0.5, 0.6) is 0 Å². The number of carbonyl (C=O) groups is 1. The molecule has 25 heavy (non-hydrogen) atoms. The Bertz CT molecular complexity index is 703. The van der Waals surface area contributed by atoms with Gasteiger partial charge in [-0.2, -0.15) is 0 Å². The van der Waals surface area contributed by atoms with Crippen molar-refractivity contribution in [3.05, 3.63) is 36.2 Å². The molecule has 2 aliphatic rings. The fraction of sp³-hybridized carbons (Fsp3) is 0.526. The Morgan fingerprint density at radius 3 is 2.60 bits per heavy atom. The average molecular weight is 340 g/mol. The number of hydrogen-bond acceptors (Lipinski definition) is 5. The predicted molar refractivity (Wildman–Crippen MR) is 93.8 cm³/mol. The van der Waals surface area contributed by atoms with Crippen molar-refractivity contribution in [2.24, 2.45) is 0 Å². The molecule has 1 aliphatic carbocycles. The summed E-state index contributed by atoms with van der Waals surface area (Å²) in [6.07, 6.45) is 5.69. The highest BCUT2D eigenvalue weighted by molar-refractivity contribution is 5.76. The summed E-state index contributed by atoms with van der Waals surface area (Å²) in [5.41, 5.74) is 0.896. The molecule has 0 bridgehead atoms. The second kappa shape index (κ2) is 7.35. The Labute approximate surface area is 147 Å². The van der Waals surface area contributed by atoms with E-state index < -0.39 is 0 Å². The van der Waals surface area contributed by atoms with Crippen LogP contribution in [0.3, 0.4) is 0 Å². The minimum atomic E-state index is 0.0735. The zero-order chi connectivity index (χ0) is 17.1. The van der Waals surface area contributed by atoms with Crippen LogP contribution in [-0.2, 0) is 11.2 Å². The molecule has 132 valence electrons. The van der Waals surface area contributed by atoms with Crippen molar-refractivity contribution >= 4 is 5.91 Å². The molecule has 2 aromatic rings. The first-order chi connectivity index (χ1) is 12.3. The topological polar surface area (TPSA) is 71.3 Å². The Hall–Kier alpha value is -2.21. The zero-order valence-corrected chi connectivity index (χ0v) is 14.4. The highest BCUT2D eigenvalue weighted by Gasteiger charge is 2.32. The van der Waals surface area contributed by atoms with Gasteiger partial charge in [0.1, 0.15) is 0 Å². The van der Waals surface area contributed by atoms with E-state index in [4.69, 9.17) is 4.42 Å². The molecule has 2 heterocycles. The van der Waals surface area contributed by atoms with Crippen LogP contribution in [0.1, 0.15) is 38.0 Å². The van der Waals surface area contributed by atoms with Crippen LogP contribution < -0.4 is 5.32 Å². The normalized spacial score (nSPS) is 19.0. The lowest BCUT2D eigenvalue weighted by atomic mass is 10.0. The van der Waals surface area contributed by atoms with E-state index in [1.165, 1.54) is 12.8 Å². The van der Waals surface area contributed by atoms with Gasteiger partial charge in [0.2, 0.25) is 17.7 Å². The summed E-state index contributed by atoms with van der Waals surface area (Å²) >= 11 is 0. The third-order valence-corrected chi connectivity index (χ3v) is 5.01. The predicted octanol–water partition coefficient (Wildman–Crippen LogP) is 2.41. The third-order valence-electron chi connectivity index (χ3n) is 5.01. The maximum atomic E-state index is 12.2. The van der Waals surface area contributed by atoms with Crippen LogP contribution in [0.15, 0.2) is 34.7 Å². The summed E-state index contributed by atoms with van der Waals surface area (Å²) in [7, 11) is 0. The van der Waals surface area contributed by atoms with E-state index in [1.807, 2.05) is 30.3 Å². The van der Waals surface area contributed by atoms with Gasteiger partial charge in [-0.05, 0) is 37.8 Å². The van der Waals surface area contributed by atoms with Gasteiger partial charge in [0, 0.05) is 43.6 Å². The lowest BCUT2D eigenvalue weighted by molar-refractivity contribution is -0.122. The van der Waals surface area contributed by atoms with Gasteiger partial charge in [-0.3, -0.25) is 4.79 Å². The molecule has 1 aromatic heterocycles. The Kier molecular flexibility index (Phi) is 4.78. The molecule has 0 radical (unpaired) electrons. The van der Waals surface area contributed by atoms with E-state index in [2.05, 4.69) is 20.4 Å². The molecular weight excluding hydrogens is 316 g/mol. The Balaban J connectivity index is 1.22. The quantitative estimate of drug-likeness (QED) is 0.874. The van der Waals surface area contributed by atoms with Crippen LogP contribution in [0.2, 0.25) is 0 Å². The molecule has 1 saturated carbocycles. The van der Waals surface area contributed by atoms with E-state index in [9.17, 15) is 4.79 Å². The van der Waals surface area contributed by atoms with Gasteiger partial charge in [0.25, 0.3) is 0 Å². The summed E-state index contributed by atoms with van der Waals surface area (Å²) in [6, 6.07) is 10.8. The Morgan fingerprint density at radius 1 is 1.12 bits per heavy atom. The standard InChI is InChI=1S/C19H24N4O2/c24-17(20-15-10-12-23(13-11-15)16-6-7-16)8-9-18-21-22-19(25-18)14-4-2-1-3-5-14/h1-5,15-16H,6-13H2,(H,20,24). The first kappa shape index (κ1) is 16.3. The van der Waals surface area contributed by atoms with Gasteiger partial charge in [-0.1, -0.05) is 18.2 Å². The van der Waals surface area contributed by atoms with Crippen molar-refractivity contribution in [3.8, 4) is 11.5 Å². The maximum Gasteiger partial charge on any atom is 0.247 e. The number of amides is 1. The maximum absolute atomic E-state index is 12.2. The van der Waals surface area contributed by atoms with Crippen molar-refractivity contribution in [2.45, 2.75) is 50.6 Å². The molecule has 1 aromatic carbocycles. The third kappa shape index (κ3) is 4.25. The number of piperidine rings is 1. The number of nitrogens with zero attached hydrogens (tertiary/aromatic N) is 3. The highest BCUT2D eigenvalue weighted by atomic mass is 16.4. The molecule has 6 heteroatoms. The van der Waals surface area contributed by atoms with Crippen molar-refractivity contribution in [2.75, 3.05) is 13.1 Å². The lowest BCUT2D eigenvalue weighted by Crippen LogP contribution is -2.45. The Morgan fingerprint density at radius 2 is 1.88 bits per heavy atom. The largest absolute Gasteiger partial charge is 0.421 e. The number of aromatic nitrogens is 2. The molecule has 0 spiro atoms. The lowest BCUT2D eigenvalue weighted by Gasteiger charge is -2.32. The van der Waals surface area contributed by atoms with E-state index in [-0.39, 0.29) is 5.91 Å². The molecule has 6 nitrogen and oxygen atoms in total. The van der Waals surface area contributed by atoms with Crippen LogP contribution in [0, 0.1) is 0 Å². The fourth-order valence-electron chi connectivity index (χ4n) is 3.42. The van der Waals surface area contributed by atoms with Crippen LogP contribution in [-0.4, -0.2) is 46.2 Å². The zero-order valence-electron chi connectivity index (χ0n) is 14.4. The van der Waals surface area contributed by atoms with E-state index in [1.54, 1.807) is 0 Å². The summed E-state index contributed by atoms with van der Waals surface area (Å²) < 4.78 is 5.65. The molecule has 4 rings (SSSR count). The van der Waals surface area contributed by atoms with Gasteiger partial charge in [-0.25, -0.2) is 0 Å². The fourth-order valence-corrected chi connectivity index (χ4v) is 3.42. The van der Waals surface area contributed by atoms with E-state index >= 15 is 0 Å². The van der Waals surface area contributed by atoms with Crippen molar-refractivity contribution in [1.29, 1.82) is 0 Å². The molecule has 1 N–H and O–H groups in total. The van der Waals surface area contributed by atoms with Crippen molar-refractivity contribution in [3.63, 3.8) is 0 Å². The summed E-state index contributed by atoms with van der Waals surface area (Å²) in [5.74, 6) is 1.09. The summed E-state index contributed by atoms with van der Waals surface area (Å²) in [5, 5.41) is 11.3. The second-order valence-corrected chi connectivity index (χ2v) is 6.98. The van der Waals surface area contributed by atoms with Gasteiger partial charge in [0.05, 0.1) is 0 Å². The number of aryl methyl sites for hydroxylation is 1. The molecule has 1 aliphatic heterocycles. The molecule has 0 unspecified atom stereocenters. The number of likely N-dealkylation sites (tertiary alicyclic amines) is 1. The number of rotatable bonds is 6. The van der Waals surface area contributed by atoms with Gasteiger partial charge < -0.3 is 14.6 Å². The average Bonchev–Trinajstić information content (AvgIpc) is 3.39. The van der Waals surface area contributed by atoms with Gasteiger partial charge >= 0.3 is 0 Å². The minimum absolute atomic E-state index is 0.0735. The minimum Gasteiger partial charge on any atom is -0.421 e. The van der Waals surface area contributed by atoms with Crippen LogP contribution >= 0.6 is 0 Å². The van der Waals surface area contributed by atoms with Crippen molar-refractivity contribution < 1.29 is 9.21 Å². The van der Waals surface area contributed by atoms with Crippen LogP contribution in [0.25, 0.3) is 11.5 Å². The molecule has 2 fully saturated rings. The number of nitrogens with one attached hydrogen (secondary N) is 1. The number of hydrogen-bond donors (Lipinski definition) is 1. The summed E-state index contributed by atoms with van der Waals surface area (Å²) in [6.45, 7) is 2.22. The van der Waals surface area contributed by atoms with Crippen molar-refractivity contribution in [1.82, 2.24) is 20.4 Å². The molecule has 0 atom stereocenters. The van der Waals surface area contributed by atoms with E-state index in [0.29, 0.717) is 30.7 Å². The summed E-state index contributed by atoms with van der Waals surface area (Å²) in [4.78, 5) is 14.7. The first-order valence-corrected chi connectivity index (χ1v) is 9.19. The SMILES string of the molecule is O=C(CCc1nnc(-c2ccccc2)o1)NC1CCN(C2CC2)CC1. The van der Waals surface area contributed by atoms with Crippen LogP contribution in [0.4, 0.5) is 0 Å². The smallest absolute Gasteiger partial charge is 0.247 e. The molecule has 1 saturated heterocycles. The van der Waals surface area contributed by atoms with Gasteiger partial charge in [0.15, 0.2) is 0 Å². The number of carbonyl (C=O) groups excluding carboxylic acids is 1. The highest BCUT2D eigenvalue weighted by Crippen LogP contribution is 2.29. The number of benzene rings is 1. The first-order valence-electron chi connectivity index (χ1n) is 9.19. The molecular formula is C19H24N4O2. The second-order valence-electron chi connectivity index (χ2n) is 6.98. The van der Waals surface area contributed by atoms with Gasteiger partial charge in [-0.15, -0.1) is 10.2 Å².